The number of rotatable bonds is 4. The van der Waals surface area contributed by atoms with Gasteiger partial charge in [0.1, 0.15) is 0 Å². The average molecular weight is 719 g/mol. The second kappa shape index (κ2) is 11.7. The number of para-hydroxylation sites is 4. The third-order valence-electron chi connectivity index (χ3n) is 11.1. The van der Waals surface area contributed by atoms with Gasteiger partial charge in [-0.25, -0.2) is 9.97 Å². The lowest BCUT2D eigenvalue weighted by Gasteiger charge is -2.13. The van der Waals surface area contributed by atoms with Crippen LogP contribution in [0.15, 0.2) is 182 Å². The molecular weight excluding hydrogens is 689 g/mol. The van der Waals surface area contributed by atoms with Gasteiger partial charge in [0.05, 0.1) is 44.5 Å². The second-order valence-electron chi connectivity index (χ2n) is 14.2. The lowest BCUT2D eigenvalue weighted by molar-refractivity contribution is 1.17. The molecule has 12 rings (SSSR count). The van der Waals surface area contributed by atoms with Crippen molar-refractivity contribution in [2.75, 3.05) is 0 Å². The molecule has 0 fully saturated rings. The molecule has 0 spiro atoms. The molecule has 0 N–H and O–H groups in total. The number of nitrogens with zero attached hydrogens (tertiary/aromatic N) is 4. The van der Waals surface area contributed by atoms with Crippen molar-refractivity contribution in [1.82, 2.24) is 19.1 Å². The molecule has 0 amide bonds. The van der Waals surface area contributed by atoms with Gasteiger partial charge in [0.15, 0.2) is 0 Å². The molecule has 12 aromatic rings. The zero-order valence-electron chi connectivity index (χ0n) is 29.5. The molecule has 55 heavy (non-hydrogen) atoms. The summed E-state index contributed by atoms with van der Waals surface area (Å²) in [7, 11) is 0. The lowest BCUT2D eigenvalue weighted by atomic mass is 10.0. The fourth-order valence-electron chi connectivity index (χ4n) is 8.63. The van der Waals surface area contributed by atoms with Crippen LogP contribution in [0.25, 0.3) is 109 Å². The van der Waals surface area contributed by atoms with E-state index in [1.54, 1.807) is 0 Å². The van der Waals surface area contributed by atoms with Crippen LogP contribution in [0.3, 0.4) is 0 Å². The Balaban J connectivity index is 1.10. The summed E-state index contributed by atoms with van der Waals surface area (Å²) >= 11 is 1.86. The van der Waals surface area contributed by atoms with Crippen molar-refractivity contribution in [2.24, 2.45) is 0 Å². The summed E-state index contributed by atoms with van der Waals surface area (Å²) < 4.78 is 7.48. The molecule has 0 aliphatic heterocycles. The first-order chi connectivity index (χ1) is 27.3. The van der Waals surface area contributed by atoms with E-state index >= 15 is 0 Å². The minimum Gasteiger partial charge on any atom is -0.309 e. The number of fused-ring (bicyclic) bond motifs is 10. The molecule has 0 bridgehead atoms. The van der Waals surface area contributed by atoms with Gasteiger partial charge in [-0.1, -0.05) is 115 Å². The van der Waals surface area contributed by atoms with Crippen molar-refractivity contribution in [1.29, 1.82) is 0 Å². The fourth-order valence-corrected chi connectivity index (χ4v) is 9.77. The van der Waals surface area contributed by atoms with Crippen LogP contribution in [0.2, 0.25) is 0 Å². The van der Waals surface area contributed by atoms with Crippen LogP contribution in [-0.2, 0) is 0 Å². The van der Waals surface area contributed by atoms with Crippen LogP contribution < -0.4 is 0 Å². The molecule has 5 heteroatoms. The fraction of sp³-hybridized carbons (Fsp3) is 0. The summed E-state index contributed by atoms with van der Waals surface area (Å²) in [6, 6.07) is 65.3. The van der Waals surface area contributed by atoms with Gasteiger partial charge in [0, 0.05) is 64.2 Å². The van der Waals surface area contributed by atoms with Crippen LogP contribution >= 0.6 is 11.3 Å². The minimum atomic E-state index is 0.869. The molecular formula is C50H30N4S. The quantitative estimate of drug-likeness (QED) is 0.182. The van der Waals surface area contributed by atoms with Gasteiger partial charge < -0.3 is 9.13 Å². The van der Waals surface area contributed by atoms with E-state index in [4.69, 9.17) is 9.97 Å². The molecule has 0 saturated carbocycles. The Labute approximate surface area is 319 Å². The summed E-state index contributed by atoms with van der Waals surface area (Å²) in [6.45, 7) is 0. The molecule has 8 aromatic carbocycles. The maximum Gasteiger partial charge on any atom is 0.0973 e. The summed E-state index contributed by atoms with van der Waals surface area (Å²) in [5.74, 6) is 0. The SMILES string of the molecule is c1ccc(-c2nc3ccccc3nc2-c2cccc(-n3c4ccccc4c4cc5c(cc43)c3ccccc3n5-c3ccc4c(c3)sc3ccccc34)c2)cc1. The Morgan fingerprint density at radius 3 is 1.55 bits per heavy atom. The van der Waals surface area contributed by atoms with E-state index in [0.717, 1.165) is 44.8 Å². The molecule has 0 aliphatic rings. The molecule has 4 heterocycles. The van der Waals surface area contributed by atoms with Crippen molar-refractivity contribution in [3.8, 4) is 33.9 Å². The third kappa shape index (κ3) is 4.57. The van der Waals surface area contributed by atoms with Gasteiger partial charge in [0.25, 0.3) is 0 Å². The van der Waals surface area contributed by atoms with Crippen LogP contribution in [0.5, 0.6) is 0 Å². The first-order valence-electron chi connectivity index (χ1n) is 18.6. The maximum atomic E-state index is 5.23. The highest BCUT2D eigenvalue weighted by atomic mass is 32.1. The maximum absolute atomic E-state index is 5.23. The summed E-state index contributed by atoms with van der Waals surface area (Å²) in [5, 5.41) is 7.53. The van der Waals surface area contributed by atoms with E-state index in [9.17, 15) is 0 Å². The Bertz CT molecular complexity index is 3500. The van der Waals surface area contributed by atoms with Gasteiger partial charge in [0.2, 0.25) is 0 Å². The van der Waals surface area contributed by atoms with Gasteiger partial charge in [-0.3, -0.25) is 0 Å². The summed E-state index contributed by atoms with van der Waals surface area (Å²) in [5.41, 5.74) is 12.6. The van der Waals surface area contributed by atoms with Crippen molar-refractivity contribution in [3.63, 3.8) is 0 Å². The third-order valence-corrected chi connectivity index (χ3v) is 12.2. The summed E-state index contributed by atoms with van der Waals surface area (Å²) in [4.78, 5) is 10.4. The molecule has 0 saturated heterocycles. The van der Waals surface area contributed by atoms with Crippen LogP contribution in [0.4, 0.5) is 0 Å². The first-order valence-corrected chi connectivity index (χ1v) is 19.4. The minimum absolute atomic E-state index is 0.869. The smallest absolute Gasteiger partial charge is 0.0973 e. The number of hydrogen-bond donors (Lipinski definition) is 0. The highest BCUT2D eigenvalue weighted by Crippen LogP contribution is 2.42. The molecule has 4 nitrogen and oxygen atoms in total. The van der Waals surface area contributed by atoms with E-state index in [0.29, 0.717) is 0 Å². The van der Waals surface area contributed by atoms with Crippen LogP contribution in [0, 0.1) is 0 Å². The molecule has 0 atom stereocenters. The highest BCUT2D eigenvalue weighted by Gasteiger charge is 2.20. The standard InChI is InChI=1S/C50H30N4S/c1-2-13-31(14-3-1)49-50(52-42-21-8-7-20-41(42)51-49)32-15-12-16-33(27-32)53-43-22-9-4-17-35(43)39-30-46-40(29-45(39)53)36-18-5-10-23-44(36)54(46)34-25-26-38-37-19-6-11-24-47(37)55-48(38)28-34/h1-30H. The molecule has 256 valence electrons. The predicted octanol–water partition coefficient (Wildman–Crippen LogP) is 13.5. The van der Waals surface area contributed by atoms with E-state index in [1.165, 1.54) is 64.0 Å². The number of aromatic nitrogens is 4. The van der Waals surface area contributed by atoms with Gasteiger partial charge in [-0.2, -0.15) is 0 Å². The Kier molecular flexibility index (Phi) is 6.47. The number of benzene rings is 8. The number of hydrogen-bond acceptors (Lipinski definition) is 3. The van der Waals surface area contributed by atoms with Crippen LogP contribution in [-0.4, -0.2) is 19.1 Å². The van der Waals surface area contributed by atoms with Gasteiger partial charge in [-0.15, -0.1) is 11.3 Å². The Morgan fingerprint density at radius 2 is 0.855 bits per heavy atom. The molecule has 0 unspecified atom stereocenters. The average Bonchev–Trinajstić information content (AvgIpc) is 3.89. The van der Waals surface area contributed by atoms with Crippen molar-refractivity contribution in [3.05, 3.63) is 182 Å². The lowest BCUT2D eigenvalue weighted by Crippen LogP contribution is -1.98. The normalized spacial score (nSPS) is 12.0. The van der Waals surface area contributed by atoms with Crippen molar-refractivity contribution >= 4 is 86.2 Å². The first kappa shape index (κ1) is 30.4. The van der Waals surface area contributed by atoms with E-state index in [-0.39, 0.29) is 0 Å². The molecule has 0 radical (unpaired) electrons. The Hall–Kier alpha value is -7.08. The monoisotopic (exact) mass is 718 g/mol. The largest absolute Gasteiger partial charge is 0.309 e. The van der Waals surface area contributed by atoms with Crippen LogP contribution in [0.1, 0.15) is 0 Å². The second-order valence-corrected chi connectivity index (χ2v) is 15.3. The Morgan fingerprint density at radius 1 is 0.327 bits per heavy atom. The van der Waals surface area contributed by atoms with E-state index < -0.39 is 0 Å². The zero-order chi connectivity index (χ0) is 36.0. The van der Waals surface area contributed by atoms with Gasteiger partial charge in [-0.05, 0) is 66.7 Å². The van der Waals surface area contributed by atoms with Crippen molar-refractivity contribution < 1.29 is 0 Å². The van der Waals surface area contributed by atoms with Gasteiger partial charge >= 0.3 is 0 Å². The molecule has 4 aromatic heterocycles. The molecule has 0 aliphatic carbocycles. The predicted molar refractivity (Wildman–Crippen MR) is 232 cm³/mol. The number of thiophene rings is 1. The van der Waals surface area contributed by atoms with Crippen molar-refractivity contribution in [2.45, 2.75) is 0 Å². The topological polar surface area (TPSA) is 35.6 Å². The van der Waals surface area contributed by atoms with E-state index in [1.807, 2.05) is 41.7 Å². The van der Waals surface area contributed by atoms with E-state index in [2.05, 4.69) is 161 Å². The zero-order valence-corrected chi connectivity index (χ0v) is 30.3. The summed E-state index contributed by atoms with van der Waals surface area (Å²) in [6.07, 6.45) is 0. The highest BCUT2D eigenvalue weighted by molar-refractivity contribution is 7.25.